The number of hydrogen-bond donors (Lipinski definition) is 4. The number of carboxylic acids is 2. The maximum Gasteiger partial charge on any atom is 0.321 e. The third kappa shape index (κ3) is 5.89. The Morgan fingerprint density at radius 2 is 1.54 bits per heavy atom. The predicted octanol–water partition coefficient (Wildman–Crippen LogP) is 1.54. The Bertz CT molecular complexity index is 957. The minimum absolute atomic E-state index is 0.216. The fourth-order valence-corrected chi connectivity index (χ4v) is 3.49. The van der Waals surface area contributed by atoms with E-state index in [9.17, 15) is 22.8 Å². The van der Waals surface area contributed by atoms with Crippen LogP contribution in [0.2, 0.25) is 0 Å². The van der Waals surface area contributed by atoms with E-state index in [1.165, 1.54) is 24.3 Å². The zero-order valence-electron chi connectivity index (χ0n) is 14.5. The van der Waals surface area contributed by atoms with Crippen LogP contribution in [0.4, 0.5) is 5.69 Å². The van der Waals surface area contributed by atoms with Crippen LogP contribution >= 0.6 is 0 Å². The van der Waals surface area contributed by atoms with Gasteiger partial charge in [0.15, 0.2) is 0 Å². The van der Waals surface area contributed by atoms with Crippen LogP contribution in [0.5, 0.6) is 0 Å². The Morgan fingerprint density at radius 1 is 0.929 bits per heavy atom. The van der Waals surface area contributed by atoms with E-state index >= 15 is 0 Å². The van der Waals surface area contributed by atoms with Crippen molar-refractivity contribution in [1.82, 2.24) is 4.72 Å². The quantitative estimate of drug-likeness (QED) is 0.493. The predicted molar refractivity (Wildman–Crippen MR) is 99.5 cm³/mol. The van der Waals surface area contributed by atoms with E-state index in [1.54, 1.807) is 30.3 Å². The average Bonchev–Trinajstić information content (AvgIpc) is 2.66. The second-order valence-corrected chi connectivity index (χ2v) is 7.50. The van der Waals surface area contributed by atoms with Gasteiger partial charge in [-0.1, -0.05) is 18.2 Å². The molecule has 9 nitrogen and oxygen atoms in total. The molecular formula is C18H18N2O7S. The molecule has 1 amide bonds. The first-order valence-electron chi connectivity index (χ1n) is 8.12. The summed E-state index contributed by atoms with van der Waals surface area (Å²) in [7, 11) is -4.19. The number of aliphatic carboxylic acids is 2. The summed E-state index contributed by atoms with van der Waals surface area (Å²) in [6.07, 6.45) is -0.890. The topological polar surface area (TPSA) is 150 Å². The van der Waals surface area contributed by atoms with E-state index in [4.69, 9.17) is 10.2 Å². The molecule has 2 aromatic rings. The van der Waals surface area contributed by atoms with Crippen molar-refractivity contribution < 1.29 is 33.0 Å². The number of hydrogen-bond acceptors (Lipinski definition) is 5. The van der Waals surface area contributed by atoms with Gasteiger partial charge in [-0.05, 0) is 42.8 Å². The minimum Gasteiger partial charge on any atom is -0.481 e. The molecule has 0 fully saturated rings. The highest BCUT2D eigenvalue weighted by atomic mass is 32.2. The molecule has 2 rings (SSSR count). The second kappa shape index (κ2) is 9.11. The Hall–Kier alpha value is -3.24. The van der Waals surface area contributed by atoms with Crippen LogP contribution in [0.25, 0.3) is 0 Å². The van der Waals surface area contributed by atoms with Gasteiger partial charge in [-0.2, -0.15) is 4.72 Å². The molecule has 4 N–H and O–H groups in total. The van der Waals surface area contributed by atoms with Crippen LogP contribution in [0.1, 0.15) is 23.2 Å². The molecule has 0 aromatic heterocycles. The van der Waals surface area contributed by atoms with Gasteiger partial charge < -0.3 is 15.5 Å². The van der Waals surface area contributed by atoms with Gasteiger partial charge in [-0.15, -0.1) is 0 Å². The number of amides is 1. The van der Waals surface area contributed by atoms with E-state index < -0.39 is 40.8 Å². The molecule has 0 bridgehead atoms. The van der Waals surface area contributed by atoms with Crippen LogP contribution < -0.4 is 10.0 Å². The van der Waals surface area contributed by atoms with Gasteiger partial charge >= 0.3 is 11.9 Å². The van der Waals surface area contributed by atoms with Crippen LogP contribution in [-0.4, -0.2) is 42.5 Å². The third-order valence-electron chi connectivity index (χ3n) is 3.70. The molecule has 0 aliphatic rings. The van der Waals surface area contributed by atoms with Crippen molar-refractivity contribution in [2.45, 2.75) is 23.8 Å². The van der Waals surface area contributed by atoms with Crippen LogP contribution in [0, 0.1) is 0 Å². The molecule has 28 heavy (non-hydrogen) atoms. The lowest BCUT2D eigenvalue weighted by molar-refractivity contribution is -0.140. The van der Waals surface area contributed by atoms with Gasteiger partial charge in [-0.3, -0.25) is 14.4 Å². The molecule has 10 heteroatoms. The maximum absolute atomic E-state index is 12.3. The van der Waals surface area contributed by atoms with Crippen molar-refractivity contribution in [3.63, 3.8) is 0 Å². The SMILES string of the molecule is O=C(O)CC[C@H](NS(=O)(=O)c1ccc(NC(=O)c2ccccc2)cc1)C(=O)O. The molecule has 2 aromatic carbocycles. The average molecular weight is 406 g/mol. The van der Waals surface area contributed by atoms with Crippen molar-refractivity contribution in [3.05, 3.63) is 60.2 Å². The number of carbonyl (C=O) groups excluding carboxylic acids is 1. The summed E-state index contributed by atoms with van der Waals surface area (Å²) in [6, 6.07) is 12.0. The molecular weight excluding hydrogens is 388 g/mol. The highest BCUT2D eigenvalue weighted by molar-refractivity contribution is 7.89. The van der Waals surface area contributed by atoms with Crippen molar-refractivity contribution in [3.8, 4) is 0 Å². The summed E-state index contributed by atoms with van der Waals surface area (Å²) in [5, 5.41) is 20.3. The van der Waals surface area contributed by atoms with Crippen LogP contribution in [0.15, 0.2) is 59.5 Å². The van der Waals surface area contributed by atoms with Crippen molar-refractivity contribution >= 4 is 33.6 Å². The lowest BCUT2D eigenvalue weighted by Crippen LogP contribution is -2.41. The van der Waals surface area contributed by atoms with Crippen molar-refractivity contribution in [2.75, 3.05) is 5.32 Å². The first kappa shape index (κ1) is 21.1. The summed E-state index contributed by atoms with van der Waals surface area (Å²) in [5.74, 6) is -3.07. The molecule has 0 aliphatic carbocycles. The number of rotatable bonds is 9. The van der Waals surface area contributed by atoms with Gasteiger partial charge in [0.1, 0.15) is 6.04 Å². The fraction of sp³-hybridized carbons (Fsp3) is 0.167. The summed E-state index contributed by atoms with van der Waals surface area (Å²) >= 11 is 0. The van der Waals surface area contributed by atoms with E-state index in [2.05, 4.69) is 5.32 Å². The summed E-state index contributed by atoms with van der Waals surface area (Å²) < 4.78 is 26.6. The van der Waals surface area contributed by atoms with Gasteiger partial charge in [0.05, 0.1) is 4.90 Å². The molecule has 0 saturated heterocycles. The number of carbonyl (C=O) groups is 3. The molecule has 0 saturated carbocycles. The zero-order valence-corrected chi connectivity index (χ0v) is 15.3. The fourth-order valence-electron chi connectivity index (χ4n) is 2.27. The Labute approximate surface area is 161 Å². The number of benzene rings is 2. The molecule has 0 unspecified atom stereocenters. The maximum atomic E-state index is 12.3. The van der Waals surface area contributed by atoms with Crippen LogP contribution in [0.3, 0.4) is 0 Å². The standard InChI is InChI=1S/C18H18N2O7S/c21-16(22)11-10-15(18(24)25)20-28(26,27)14-8-6-13(7-9-14)19-17(23)12-4-2-1-3-5-12/h1-9,15,20H,10-11H2,(H,19,23)(H,21,22)(H,24,25)/t15-/m0/s1. The normalized spacial score (nSPS) is 12.1. The number of nitrogens with one attached hydrogen (secondary N) is 2. The zero-order chi connectivity index (χ0) is 20.7. The number of carboxylic acid groups (broad SMARTS) is 2. The van der Waals surface area contributed by atoms with E-state index in [0.717, 1.165) is 0 Å². The first-order valence-corrected chi connectivity index (χ1v) is 9.61. The molecule has 148 valence electrons. The van der Waals surface area contributed by atoms with E-state index in [-0.39, 0.29) is 10.8 Å². The highest BCUT2D eigenvalue weighted by Crippen LogP contribution is 2.16. The largest absolute Gasteiger partial charge is 0.481 e. The monoisotopic (exact) mass is 406 g/mol. The third-order valence-corrected chi connectivity index (χ3v) is 5.19. The van der Waals surface area contributed by atoms with Gasteiger partial charge in [0.25, 0.3) is 5.91 Å². The second-order valence-electron chi connectivity index (χ2n) is 5.79. The van der Waals surface area contributed by atoms with Crippen LogP contribution in [-0.2, 0) is 19.6 Å². The van der Waals surface area contributed by atoms with Crippen molar-refractivity contribution in [2.24, 2.45) is 0 Å². The lowest BCUT2D eigenvalue weighted by atomic mass is 10.2. The van der Waals surface area contributed by atoms with Crippen molar-refractivity contribution in [1.29, 1.82) is 0 Å². The van der Waals surface area contributed by atoms with Gasteiger partial charge in [0.2, 0.25) is 10.0 Å². The summed E-state index contributed by atoms with van der Waals surface area (Å²) in [6.45, 7) is 0. The Morgan fingerprint density at radius 3 is 2.07 bits per heavy atom. The minimum atomic E-state index is -4.19. The first-order chi connectivity index (χ1) is 13.2. The van der Waals surface area contributed by atoms with E-state index in [1.807, 2.05) is 4.72 Å². The lowest BCUT2D eigenvalue weighted by Gasteiger charge is -2.14. The molecule has 0 radical (unpaired) electrons. The van der Waals surface area contributed by atoms with Gasteiger partial charge in [-0.25, -0.2) is 8.42 Å². The molecule has 1 atom stereocenters. The molecule has 0 heterocycles. The highest BCUT2D eigenvalue weighted by Gasteiger charge is 2.26. The number of sulfonamides is 1. The van der Waals surface area contributed by atoms with E-state index in [0.29, 0.717) is 11.3 Å². The summed E-state index contributed by atoms with van der Waals surface area (Å²) in [5.41, 5.74) is 0.789. The smallest absolute Gasteiger partial charge is 0.321 e. The Kier molecular flexibility index (Phi) is 6.85. The number of anilines is 1. The molecule has 0 spiro atoms. The molecule has 0 aliphatic heterocycles. The Balaban J connectivity index is 2.09. The van der Waals surface area contributed by atoms with Gasteiger partial charge in [0, 0.05) is 17.7 Å². The summed E-state index contributed by atoms with van der Waals surface area (Å²) in [4.78, 5) is 33.6.